The number of nitrogens with zero attached hydrogens (tertiary/aromatic N) is 3. The van der Waals surface area contributed by atoms with Gasteiger partial charge in [-0.3, -0.25) is 14.6 Å². The number of fused-ring (bicyclic) bond motifs is 2. The molecule has 0 aliphatic heterocycles. The number of benzene rings is 1. The van der Waals surface area contributed by atoms with Crippen LogP contribution in [-0.4, -0.2) is 25.9 Å². The van der Waals surface area contributed by atoms with Crippen LogP contribution in [0.3, 0.4) is 0 Å². The second-order valence-corrected chi connectivity index (χ2v) is 7.05. The minimum absolute atomic E-state index is 0.0323. The molecule has 4 aromatic rings. The molecular formula is C20H19N5O2. The van der Waals surface area contributed by atoms with E-state index in [9.17, 15) is 4.79 Å². The standard InChI is InChI=1S/C20H19N5O2/c1-25-10-14-8-12(2-4-17(14)24-25)20(26)21-15-3-5-18-16(9-15)19(23-22-18)13-6-7-27-11-13/h3,5-7,9-12H,2,4,8H2,1H3,(H,21,26)(H,22,23)/t12-/m1/s1. The first kappa shape index (κ1) is 15.9. The normalized spacial score (nSPS) is 16.4. The summed E-state index contributed by atoms with van der Waals surface area (Å²) in [5, 5.41) is 15.9. The van der Waals surface area contributed by atoms with E-state index in [4.69, 9.17) is 4.42 Å². The summed E-state index contributed by atoms with van der Waals surface area (Å²) in [5.41, 5.74) is 5.70. The summed E-state index contributed by atoms with van der Waals surface area (Å²) >= 11 is 0. The van der Waals surface area contributed by atoms with E-state index in [0.29, 0.717) is 0 Å². The number of anilines is 1. The molecule has 1 amide bonds. The van der Waals surface area contributed by atoms with Gasteiger partial charge in [0, 0.05) is 35.8 Å². The molecule has 0 saturated heterocycles. The second kappa shape index (κ2) is 6.12. The van der Waals surface area contributed by atoms with E-state index in [1.54, 1.807) is 12.5 Å². The summed E-state index contributed by atoms with van der Waals surface area (Å²) in [5.74, 6) is 0.0206. The number of rotatable bonds is 3. The maximum Gasteiger partial charge on any atom is 0.227 e. The molecule has 2 N–H and O–H groups in total. The van der Waals surface area contributed by atoms with Gasteiger partial charge >= 0.3 is 0 Å². The van der Waals surface area contributed by atoms with E-state index in [0.717, 1.165) is 52.8 Å². The van der Waals surface area contributed by atoms with Gasteiger partial charge in [-0.2, -0.15) is 10.2 Å². The van der Waals surface area contributed by atoms with Crippen LogP contribution in [0.25, 0.3) is 22.2 Å². The highest BCUT2D eigenvalue weighted by atomic mass is 16.3. The third-order valence-corrected chi connectivity index (χ3v) is 5.18. The largest absolute Gasteiger partial charge is 0.472 e. The number of amides is 1. The molecule has 0 fully saturated rings. The van der Waals surface area contributed by atoms with Crippen LogP contribution in [0.5, 0.6) is 0 Å². The zero-order chi connectivity index (χ0) is 18.4. The fourth-order valence-electron chi connectivity index (χ4n) is 3.82. The molecule has 7 nitrogen and oxygen atoms in total. The van der Waals surface area contributed by atoms with Crippen molar-refractivity contribution in [3.05, 3.63) is 54.2 Å². The number of aromatic amines is 1. The maximum atomic E-state index is 12.8. The third-order valence-electron chi connectivity index (χ3n) is 5.18. The molecule has 0 saturated carbocycles. The lowest BCUT2D eigenvalue weighted by atomic mass is 9.87. The van der Waals surface area contributed by atoms with Gasteiger partial charge in [-0.15, -0.1) is 0 Å². The fourth-order valence-corrected chi connectivity index (χ4v) is 3.82. The van der Waals surface area contributed by atoms with E-state index in [2.05, 4.69) is 20.6 Å². The Kier molecular flexibility index (Phi) is 3.60. The molecular weight excluding hydrogens is 342 g/mol. The van der Waals surface area contributed by atoms with Crippen LogP contribution < -0.4 is 5.32 Å². The Morgan fingerprint density at radius 2 is 2.30 bits per heavy atom. The highest BCUT2D eigenvalue weighted by molar-refractivity contribution is 5.99. The number of aromatic nitrogens is 4. The van der Waals surface area contributed by atoms with E-state index in [-0.39, 0.29) is 11.8 Å². The summed E-state index contributed by atoms with van der Waals surface area (Å²) < 4.78 is 6.99. The van der Waals surface area contributed by atoms with Gasteiger partial charge in [0.15, 0.2) is 0 Å². The first-order valence-electron chi connectivity index (χ1n) is 9.00. The summed E-state index contributed by atoms with van der Waals surface area (Å²) in [6.45, 7) is 0. The minimum atomic E-state index is -0.0323. The van der Waals surface area contributed by atoms with Crippen LogP contribution in [0.4, 0.5) is 5.69 Å². The van der Waals surface area contributed by atoms with Gasteiger partial charge in [0.25, 0.3) is 0 Å². The third kappa shape index (κ3) is 2.81. The van der Waals surface area contributed by atoms with Crippen LogP contribution >= 0.6 is 0 Å². The Morgan fingerprint density at radius 3 is 3.15 bits per heavy atom. The average molecular weight is 361 g/mol. The number of nitrogens with one attached hydrogen (secondary N) is 2. The molecule has 1 aromatic carbocycles. The van der Waals surface area contributed by atoms with E-state index < -0.39 is 0 Å². The summed E-state index contributed by atoms with van der Waals surface area (Å²) in [6, 6.07) is 7.66. The molecule has 0 bridgehead atoms. The molecule has 1 aliphatic carbocycles. The lowest BCUT2D eigenvalue weighted by Crippen LogP contribution is -2.27. The SMILES string of the molecule is Cn1cc2c(n1)CC[C@@H](C(=O)Nc1ccc3[nH]nc(-c4ccoc4)c3c1)C2. The Hall–Kier alpha value is -3.35. The van der Waals surface area contributed by atoms with Crippen molar-refractivity contribution in [3.8, 4) is 11.3 Å². The molecule has 0 unspecified atom stereocenters. The van der Waals surface area contributed by atoms with Crippen molar-refractivity contribution in [2.24, 2.45) is 13.0 Å². The molecule has 1 atom stereocenters. The molecule has 7 heteroatoms. The van der Waals surface area contributed by atoms with Gasteiger partial charge in [0.1, 0.15) is 5.69 Å². The lowest BCUT2D eigenvalue weighted by molar-refractivity contribution is -0.120. The predicted octanol–water partition coefficient (Wildman–Crippen LogP) is 3.30. The maximum absolute atomic E-state index is 12.8. The number of furan rings is 1. The average Bonchev–Trinajstić information content (AvgIpc) is 3.38. The second-order valence-electron chi connectivity index (χ2n) is 7.05. The Morgan fingerprint density at radius 1 is 1.37 bits per heavy atom. The topological polar surface area (TPSA) is 88.7 Å². The van der Waals surface area contributed by atoms with Gasteiger partial charge in [-0.25, -0.2) is 0 Å². The number of H-pyrrole nitrogens is 1. The van der Waals surface area contributed by atoms with E-state index in [1.165, 1.54) is 5.56 Å². The first-order valence-corrected chi connectivity index (χ1v) is 9.00. The number of carbonyl (C=O) groups is 1. The summed E-state index contributed by atoms with van der Waals surface area (Å²) in [6.07, 6.45) is 7.71. The smallest absolute Gasteiger partial charge is 0.227 e. The Bertz CT molecular complexity index is 1120. The van der Waals surface area contributed by atoms with Crippen LogP contribution in [0.15, 0.2) is 47.4 Å². The number of hydrogen-bond acceptors (Lipinski definition) is 4. The lowest BCUT2D eigenvalue weighted by Gasteiger charge is -2.20. The fraction of sp³-hybridized carbons (Fsp3) is 0.250. The van der Waals surface area contributed by atoms with Gasteiger partial charge in [0.2, 0.25) is 5.91 Å². The van der Waals surface area contributed by atoms with E-state index >= 15 is 0 Å². The molecule has 0 spiro atoms. The summed E-state index contributed by atoms with van der Waals surface area (Å²) in [7, 11) is 1.92. The highest BCUT2D eigenvalue weighted by Gasteiger charge is 2.26. The van der Waals surface area contributed by atoms with Crippen LogP contribution in [0.2, 0.25) is 0 Å². The van der Waals surface area contributed by atoms with Crippen LogP contribution in [-0.2, 0) is 24.7 Å². The quantitative estimate of drug-likeness (QED) is 0.586. The monoisotopic (exact) mass is 361 g/mol. The molecule has 3 aromatic heterocycles. The molecule has 0 radical (unpaired) electrons. The van der Waals surface area contributed by atoms with Crippen molar-refractivity contribution < 1.29 is 9.21 Å². The van der Waals surface area contributed by atoms with Crippen LogP contribution in [0.1, 0.15) is 17.7 Å². The molecule has 1 aliphatic rings. The van der Waals surface area contributed by atoms with Gasteiger partial charge in [0.05, 0.1) is 23.7 Å². The van der Waals surface area contributed by atoms with Gasteiger partial charge < -0.3 is 9.73 Å². The Balaban J connectivity index is 1.38. The van der Waals surface area contributed by atoms with Gasteiger partial charge in [-0.05, 0) is 49.1 Å². The zero-order valence-corrected chi connectivity index (χ0v) is 14.9. The predicted molar refractivity (Wildman–Crippen MR) is 101 cm³/mol. The van der Waals surface area contributed by atoms with Crippen LogP contribution in [0, 0.1) is 5.92 Å². The van der Waals surface area contributed by atoms with E-state index in [1.807, 2.05) is 42.2 Å². The molecule has 3 heterocycles. The Labute approximate surface area is 155 Å². The number of hydrogen-bond donors (Lipinski definition) is 2. The van der Waals surface area contributed by atoms with Crippen molar-refractivity contribution >= 4 is 22.5 Å². The molecule has 27 heavy (non-hydrogen) atoms. The highest BCUT2D eigenvalue weighted by Crippen LogP contribution is 2.30. The van der Waals surface area contributed by atoms with Crippen molar-refractivity contribution in [2.75, 3.05) is 5.32 Å². The first-order chi connectivity index (χ1) is 13.2. The number of aryl methyl sites for hydroxylation is 2. The molecule has 136 valence electrons. The van der Waals surface area contributed by atoms with Crippen molar-refractivity contribution in [3.63, 3.8) is 0 Å². The molecule has 5 rings (SSSR count). The van der Waals surface area contributed by atoms with Crippen molar-refractivity contribution in [2.45, 2.75) is 19.3 Å². The summed E-state index contributed by atoms with van der Waals surface area (Å²) in [4.78, 5) is 12.8. The minimum Gasteiger partial charge on any atom is -0.472 e. The van der Waals surface area contributed by atoms with Crippen molar-refractivity contribution in [1.29, 1.82) is 0 Å². The van der Waals surface area contributed by atoms with Crippen molar-refractivity contribution in [1.82, 2.24) is 20.0 Å². The number of carbonyl (C=O) groups excluding carboxylic acids is 1. The zero-order valence-electron chi connectivity index (χ0n) is 14.9. The van der Waals surface area contributed by atoms with Gasteiger partial charge in [-0.1, -0.05) is 0 Å².